The third kappa shape index (κ3) is 3.17. The summed E-state index contributed by atoms with van der Waals surface area (Å²) in [6.45, 7) is 6.51. The first kappa shape index (κ1) is 20.1. The molecule has 4 nitrogen and oxygen atoms in total. The highest BCUT2D eigenvalue weighted by Gasteiger charge is 2.23. The largest absolute Gasteiger partial charge is 0.439 e. The summed E-state index contributed by atoms with van der Waals surface area (Å²) in [4.78, 5) is 13.6. The van der Waals surface area contributed by atoms with Gasteiger partial charge >= 0.3 is 0 Å². The molecular weight excluding hydrogens is 403 g/mol. The van der Waals surface area contributed by atoms with Gasteiger partial charge in [-0.05, 0) is 62.2 Å². The van der Waals surface area contributed by atoms with E-state index < -0.39 is 0 Å². The number of benzene rings is 3. The van der Waals surface area contributed by atoms with E-state index in [9.17, 15) is 9.18 Å². The number of hydrogen-bond acceptors (Lipinski definition) is 3. The summed E-state index contributed by atoms with van der Waals surface area (Å²) in [5, 5.41) is 4.66. The van der Waals surface area contributed by atoms with Crippen molar-refractivity contribution in [2.24, 2.45) is 0 Å². The Morgan fingerprint density at radius 2 is 1.81 bits per heavy atom. The second kappa shape index (κ2) is 7.68. The molecule has 0 atom stereocenters. The van der Waals surface area contributed by atoms with Gasteiger partial charge in [-0.15, -0.1) is 0 Å². The maximum absolute atomic E-state index is 14.2. The van der Waals surface area contributed by atoms with Crippen LogP contribution in [0.4, 0.5) is 16.0 Å². The summed E-state index contributed by atoms with van der Waals surface area (Å²) in [7, 11) is 0. The lowest BCUT2D eigenvalue weighted by atomic mass is 10.0. The van der Waals surface area contributed by atoms with Gasteiger partial charge in [0.2, 0.25) is 5.88 Å². The Morgan fingerprint density at radius 1 is 1.00 bits per heavy atom. The SMILES string of the molecule is CCn1c(=O)c2c(-c3cccc(F)c3)c(Nc3ccc(C)cc3C)oc2c2ccccc21. The number of aromatic nitrogens is 1. The number of aryl methyl sites for hydroxylation is 3. The Kier molecular flexibility index (Phi) is 4.82. The number of para-hydroxylation sites is 1. The van der Waals surface area contributed by atoms with Crippen molar-refractivity contribution in [1.29, 1.82) is 0 Å². The predicted octanol–water partition coefficient (Wildman–Crippen LogP) is 6.93. The third-order valence-corrected chi connectivity index (χ3v) is 5.87. The highest BCUT2D eigenvalue weighted by molar-refractivity contribution is 6.11. The smallest absolute Gasteiger partial charge is 0.262 e. The van der Waals surface area contributed by atoms with Crippen molar-refractivity contribution in [3.63, 3.8) is 0 Å². The van der Waals surface area contributed by atoms with Gasteiger partial charge in [0.15, 0.2) is 5.58 Å². The number of fused-ring (bicyclic) bond motifs is 3. The van der Waals surface area contributed by atoms with Crippen LogP contribution in [0, 0.1) is 19.7 Å². The maximum Gasteiger partial charge on any atom is 0.262 e. The molecule has 0 bridgehead atoms. The first-order valence-electron chi connectivity index (χ1n) is 10.7. The summed E-state index contributed by atoms with van der Waals surface area (Å²) in [6, 6.07) is 20.0. The van der Waals surface area contributed by atoms with E-state index in [1.165, 1.54) is 12.1 Å². The first-order chi connectivity index (χ1) is 15.5. The zero-order valence-electron chi connectivity index (χ0n) is 18.2. The second-order valence-electron chi connectivity index (χ2n) is 8.03. The van der Waals surface area contributed by atoms with Gasteiger partial charge in [0.25, 0.3) is 5.56 Å². The zero-order chi connectivity index (χ0) is 22.4. The Bertz CT molecular complexity index is 1550. The van der Waals surface area contributed by atoms with Crippen LogP contribution in [0.2, 0.25) is 0 Å². The van der Waals surface area contributed by atoms with Crippen molar-refractivity contribution in [1.82, 2.24) is 4.57 Å². The monoisotopic (exact) mass is 426 g/mol. The van der Waals surface area contributed by atoms with Gasteiger partial charge in [-0.2, -0.15) is 0 Å². The van der Waals surface area contributed by atoms with E-state index in [1.54, 1.807) is 16.7 Å². The van der Waals surface area contributed by atoms with E-state index in [1.807, 2.05) is 57.2 Å². The van der Waals surface area contributed by atoms with Crippen molar-refractivity contribution in [3.05, 3.63) is 94.0 Å². The minimum Gasteiger partial charge on any atom is -0.439 e. The molecule has 160 valence electrons. The molecule has 0 saturated heterocycles. The van der Waals surface area contributed by atoms with Crippen LogP contribution in [0.1, 0.15) is 18.1 Å². The molecule has 0 amide bonds. The van der Waals surface area contributed by atoms with Crippen LogP contribution < -0.4 is 10.9 Å². The van der Waals surface area contributed by atoms with E-state index in [-0.39, 0.29) is 11.4 Å². The summed E-state index contributed by atoms with van der Waals surface area (Å²) in [5.41, 5.74) is 5.38. The van der Waals surface area contributed by atoms with Crippen LogP contribution in [-0.4, -0.2) is 4.57 Å². The van der Waals surface area contributed by atoms with Crippen molar-refractivity contribution in [3.8, 4) is 11.1 Å². The standard InChI is InChI=1S/C27H23FN2O2/c1-4-30-22-11-6-5-10-20(22)25-24(27(30)31)23(18-8-7-9-19(28)15-18)26(32-25)29-21-13-12-16(2)14-17(21)3/h5-15,29H,4H2,1-3H3. The van der Waals surface area contributed by atoms with Crippen molar-refractivity contribution in [2.75, 3.05) is 5.32 Å². The normalized spacial score (nSPS) is 11.4. The Labute approximate surface area is 184 Å². The molecule has 2 heterocycles. The van der Waals surface area contributed by atoms with E-state index in [0.717, 1.165) is 27.7 Å². The van der Waals surface area contributed by atoms with Crippen molar-refractivity contribution < 1.29 is 8.81 Å². The number of nitrogens with zero attached hydrogens (tertiary/aromatic N) is 1. The molecule has 0 aliphatic rings. The van der Waals surface area contributed by atoms with E-state index in [4.69, 9.17) is 4.42 Å². The van der Waals surface area contributed by atoms with Crippen LogP contribution in [0.15, 0.2) is 75.9 Å². The molecule has 5 rings (SSSR count). The molecule has 0 spiro atoms. The fourth-order valence-electron chi connectivity index (χ4n) is 4.37. The molecule has 5 aromatic rings. The van der Waals surface area contributed by atoms with Gasteiger partial charge in [0.05, 0.1) is 16.5 Å². The fourth-order valence-corrected chi connectivity index (χ4v) is 4.37. The number of rotatable bonds is 4. The van der Waals surface area contributed by atoms with Gasteiger partial charge in [-0.3, -0.25) is 4.79 Å². The van der Waals surface area contributed by atoms with Crippen LogP contribution in [0.25, 0.3) is 33.0 Å². The van der Waals surface area contributed by atoms with Crippen LogP contribution in [0.5, 0.6) is 0 Å². The van der Waals surface area contributed by atoms with Gasteiger partial charge < -0.3 is 14.3 Å². The lowest BCUT2D eigenvalue weighted by molar-refractivity contribution is 0.628. The van der Waals surface area contributed by atoms with Crippen LogP contribution >= 0.6 is 0 Å². The fraction of sp³-hybridized carbons (Fsp3) is 0.148. The Hall–Kier alpha value is -3.86. The average molecular weight is 426 g/mol. The molecule has 0 aliphatic heterocycles. The topological polar surface area (TPSA) is 47.2 Å². The van der Waals surface area contributed by atoms with Crippen LogP contribution in [-0.2, 0) is 6.54 Å². The number of pyridine rings is 1. The molecule has 0 radical (unpaired) electrons. The Morgan fingerprint density at radius 3 is 2.56 bits per heavy atom. The number of furan rings is 1. The summed E-state index contributed by atoms with van der Waals surface area (Å²) in [5.74, 6) is 0.0552. The van der Waals surface area contributed by atoms with Gasteiger partial charge in [-0.25, -0.2) is 4.39 Å². The first-order valence-corrected chi connectivity index (χ1v) is 10.7. The molecule has 0 fully saturated rings. The quantitative estimate of drug-likeness (QED) is 0.339. The predicted molar refractivity (Wildman–Crippen MR) is 128 cm³/mol. The zero-order valence-corrected chi connectivity index (χ0v) is 18.2. The number of anilines is 2. The maximum atomic E-state index is 14.2. The van der Waals surface area contributed by atoms with E-state index in [2.05, 4.69) is 11.4 Å². The minimum atomic E-state index is -0.370. The second-order valence-corrected chi connectivity index (χ2v) is 8.03. The number of nitrogens with one attached hydrogen (secondary N) is 1. The number of halogens is 1. The molecular formula is C27H23FN2O2. The molecule has 2 aromatic heterocycles. The molecule has 0 aliphatic carbocycles. The van der Waals surface area contributed by atoms with E-state index >= 15 is 0 Å². The molecule has 32 heavy (non-hydrogen) atoms. The molecule has 1 N–H and O–H groups in total. The molecule has 3 aromatic carbocycles. The minimum absolute atomic E-state index is 0.155. The summed E-state index contributed by atoms with van der Waals surface area (Å²) in [6.07, 6.45) is 0. The number of hydrogen-bond donors (Lipinski definition) is 1. The highest BCUT2D eigenvalue weighted by Crippen LogP contribution is 2.41. The highest BCUT2D eigenvalue weighted by atomic mass is 19.1. The summed E-state index contributed by atoms with van der Waals surface area (Å²) >= 11 is 0. The summed E-state index contributed by atoms with van der Waals surface area (Å²) < 4.78 is 22.3. The lowest BCUT2D eigenvalue weighted by Gasteiger charge is -2.10. The van der Waals surface area contributed by atoms with Gasteiger partial charge in [0, 0.05) is 17.6 Å². The average Bonchev–Trinajstić information content (AvgIpc) is 3.16. The molecule has 0 saturated carbocycles. The van der Waals surface area contributed by atoms with Gasteiger partial charge in [0.1, 0.15) is 5.82 Å². The van der Waals surface area contributed by atoms with E-state index in [0.29, 0.717) is 34.5 Å². The molecule has 5 heteroatoms. The lowest BCUT2D eigenvalue weighted by Crippen LogP contribution is -2.19. The third-order valence-electron chi connectivity index (χ3n) is 5.87. The molecule has 0 unspecified atom stereocenters. The van der Waals surface area contributed by atoms with Crippen molar-refractivity contribution >= 4 is 33.4 Å². The van der Waals surface area contributed by atoms with Gasteiger partial charge in [-0.1, -0.05) is 42.0 Å². The van der Waals surface area contributed by atoms with Crippen molar-refractivity contribution in [2.45, 2.75) is 27.3 Å². The van der Waals surface area contributed by atoms with Crippen LogP contribution in [0.3, 0.4) is 0 Å². The Balaban J connectivity index is 1.89.